The van der Waals surface area contributed by atoms with Crippen molar-refractivity contribution in [2.75, 3.05) is 6.61 Å². The normalized spacial score (nSPS) is 10.6. The molecule has 0 bridgehead atoms. The van der Waals surface area contributed by atoms with Gasteiger partial charge in [0.25, 0.3) is 0 Å². The van der Waals surface area contributed by atoms with E-state index >= 15 is 0 Å². The van der Waals surface area contributed by atoms with Crippen molar-refractivity contribution in [2.45, 2.75) is 26.2 Å². The van der Waals surface area contributed by atoms with E-state index in [2.05, 4.69) is 19.1 Å². The molecule has 0 saturated heterocycles. The largest absolute Gasteiger partial charge is 0.494 e. The molecule has 76 valence electrons. The van der Waals surface area contributed by atoms with Gasteiger partial charge in [0.05, 0.1) is 6.61 Å². The van der Waals surface area contributed by atoms with Crippen LogP contribution < -0.4 is 4.74 Å². The number of allylic oxidation sites excluding steroid dienone is 2. The van der Waals surface area contributed by atoms with Crippen molar-refractivity contribution in [3.8, 4) is 5.75 Å². The van der Waals surface area contributed by atoms with Crippen LogP contribution in [0.5, 0.6) is 5.75 Å². The van der Waals surface area contributed by atoms with Gasteiger partial charge in [0.15, 0.2) is 0 Å². The average molecular weight is 190 g/mol. The van der Waals surface area contributed by atoms with Crippen molar-refractivity contribution in [2.24, 2.45) is 0 Å². The van der Waals surface area contributed by atoms with Gasteiger partial charge in [-0.3, -0.25) is 0 Å². The molecule has 0 spiro atoms. The quantitative estimate of drug-likeness (QED) is 0.489. The summed E-state index contributed by atoms with van der Waals surface area (Å²) in [6, 6.07) is 9.96. The van der Waals surface area contributed by atoms with Crippen molar-refractivity contribution < 1.29 is 4.74 Å². The molecule has 0 fully saturated rings. The van der Waals surface area contributed by atoms with Crippen molar-refractivity contribution in [3.05, 3.63) is 42.5 Å². The summed E-state index contributed by atoms with van der Waals surface area (Å²) in [4.78, 5) is 0. The lowest BCUT2D eigenvalue weighted by Gasteiger charge is -2.03. The third-order valence-corrected chi connectivity index (χ3v) is 1.93. The second-order valence-corrected chi connectivity index (χ2v) is 3.18. The molecule has 1 heteroatoms. The molecule has 14 heavy (non-hydrogen) atoms. The average Bonchev–Trinajstić information content (AvgIpc) is 2.25. The first-order chi connectivity index (χ1) is 6.93. The molecule has 0 heterocycles. The molecular weight excluding hydrogens is 172 g/mol. The van der Waals surface area contributed by atoms with E-state index in [-0.39, 0.29) is 0 Å². The van der Waals surface area contributed by atoms with Gasteiger partial charge in [-0.25, -0.2) is 0 Å². The van der Waals surface area contributed by atoms with Crippen LogP contribution in [0.2, 0.25) is 0 Å². The van der Waals surface area contributed by atoms with Gasteiger partial charge in [-0.1, -0.05) is 37.3 Å². The van der Waals surface area contributed by atoms with E-state index in [0.29, 0.717) is 0 Å². The molecule has 0 aromatic heterocycles. The van der Waals surface area contributed by atoms with E-state index < -0.39 is 0 Å². The van der Waals surface area contributed by atoms with Crippen molar-refractivity contribution in [3.63, 3.8) is 0 Å². The summed E-state index contributed by atoms with van der Waals surface area (Å²) in [5.41, 5.74) is 0. The summed E-state index contributed by atoms with van der Waals surface area (Å²) in [6.45, 7) is 2.95. The Bertz CT molecular complexity index is 251. The molecule has 0 aliphatic carbocycles. The molecule has 0 unspecified atom stereocenters. The Kier molecular flexibility index (Phi) is 5.57. The lowest BCUT2D eigenvalue weighted by Crippen LogP contribution is -1.95. The van der Waals surface area contributed by atoms with Crippen molar-refractivity contribution in [1.82, 2.24) is 0 Å². The monoisotopic (exact) mass is 190 g/mol. The second kappa shape index (κ2) is 7.19. The molecule has 0 saturated carbocycles. The summed E-state index contributed by atoms with van der Waals surface area (Å²) in [7, 11) is 0. The van der Waals surface area contributed by atoms with Crippen LogP contribution in [0.3, 0.4) is 0 Å². The Morgan fingerprint density at radius 1 is 1.14 bits per heavy atom. The SMILES string of the molecule is CCC=CCCCOc1ccccc1. The third-order valence-electron chi connectivity index (χ3n) is 1.93. The van der Waals surface area contributed by atoms with Crippen LogP contribution in [0.15, 0.2) is 42.5 Å². The minimum absolute atomic E-state index is 0.804. The van der Waals surface area contributed by atoms with E-state index in [9.17, 15) is 0 Å². The predicted octanol–water partition coefficient (Wildman–Crippen LogP) is 3.81. The van der Waals surface area contributed by atoms with Crippen LogP contribution in [-0.2, 0) is 0 Å². The molecule has 0 aliphatic rings. The van der Waals surface area contributed by atoms with Gasteiger partial charge in [0.2, 0.25) is 0 Å². The summed E-state index contributed by atoms with van der Waals surface area (Å²) in [5.74, 6) is 0.965. The summed E-state index contributed by atoms with van der Waals surface area (Å²) < 4.78 is 5.55. The maximum Gasteiger partial charge on any atom is 0.119 e. The Morgan fingerprint density at radius 3 is 2.64 bits per heavy atom. The fourth-order valence-corrected chi connectivity index (χ4v) is 1.19. The molecular formula is C13H18O. The maximum atomic E-state index is 5.55. The number of para-hydroxylation sites is 1. The number of ether oxygens (including phenoxy) is 1. The van der Waals surface area contributed by atoms with E-state index in [1.165, 1.54) is 0 Å². The first-order valence-corrected chi connectivity index (χ1v) is 5.26. The zero-order chi connectivity index (χ0) is 10.1. The molecule has 1 aromatic carbocycles. The van der Waals surface area contributed by atoms with Crippen LogP contribution >= 0.6 is 0 Å². The molecule has 0 amide bonds. The Labute approximate surface area is 86.4 Å². The molecule has 0 aliphatic heterocycles. The van der Waals surface area contributed by atoms with Crippen LogP contribution in [0.1, 0.15) is 26.2 Å². The highest BCUT2D eigenvalue weighted by Crippen LogP contribution is 2.08. The highest BCUT2D eigenvalue weighted by Gasteiger charge is 1.89. The topological polar surface area (TPSA) is 9.23 Å². The Balaban J connectivity index is 2.07. The van der Waals surface area contributed by atoms with E-state index in [1.807, 2.05) is 30.3 Å². The first kappa shape index (κ1) is 10.8. The standard InChI is InChI=1S/C13H18O/c1-2-3-4-5-9-12-14-13-10-7-6-8-11-13/h3-4,6-8,10-11H,2,5,9,12H2,1H3. The minimum Gasteiger partial charge on any atom is -0.494 e. The third kappa shape index (κ3) is 4.70. The van der Waals surface area contributed by atoms with Crippen LogP contribution in [0.4, 0.5) is 0 Å². The van der Waals surface area contributed by atoms with Gasteiger partial charge < -0.3 is 4.74 Å². The van der Waals surface area contributed by atoms with Gasteiger partial charge in [-0.2, -0.15) is 0 Å². The van der Waals surface area contributed by atoms with Gasteiger partial charge in [0.1, 0.15) is 5.75 Å². The number of benzene rings is 1. The van der Waals surface area contributed by atoms with E-state index in [1.54, 1.807) is 0 Å². The van der Waals surface area contributed by atoms with Crippen LogP contribution in [-0.4, -0.2) is 6.61 Å². The zero-order valence-corrected chi connectivity index (χ0v) is 8.78. The predicted molar refractivity (Wildman–Crippen MR) is 60.6 cm³/mol. The van der Waals surface area contributed by atoms with E-state index in [0.717, 1.165) is 31.6 Å². The van der Waals surface area contributed by atoms with Gasteiger partial charge in [-0.05, 0) is 31.4 Å². The molecule has 0 N–H and O–H groups in total. The molecule has 1 aromatic rings. The van der Waals surface area contributed by atoms with Crippen LogP contribution in [0.25, 0.3) is 0 Å². The summed E-state index contributed by atoms with van der Waals surface area (Å²) >= 11 is 0. The highest BCUT2D eigenvalue weighted by molar-refractivity contribution is 5.20. The fourth-order valence-electron chi connectivity index (χ4n) is 1.19. The maximum absolute atomic E-state index is 5.55. The number of hydrogen-bond acceptors (Lipinski definition) is 1. The molecule has 0 radical (unpaired) electrons. The smallest absolute Gasteiger partial charge is 0.119 e. The number of hydrogen-bond donors (Lipinski definition) is 0. The number of rotatable bonds is 6. The van der Waals surface area contributed by atoms with E-state index in [4.69, 9.17) is 4.74 Å². The summed E-state index contributed by atoms with van der Waals surface area (Å²) in [5, 5.41) is 0. The lowest BCUT2D eigenvalue weighted by atomic mass is 10.3. The lowest BCUT2D eigenvalue weighted by molar-refractivity contribution is 0.312. The fraction of sp³-hybridized carbons (Fsp3) is 0.385. The molecule has 1 nitrogen and oxygen atoms in total. The first-order valence-electron chi connectivity index (χ1n) is 5.26. The van der Waals surface area contributed by atoms with Gasteiger partial charge in [-0.15, -0.1) is 0 Å². The van der Waals surface area contributed by atoms with Crippen LogP contribution in [0, 0.1) is 0 Å². The van der Waals surface area contributed by atoms with Crippen molar-refractivity contribution in [1.29, 1.82) is 0 Å². The summed E-state index contributed by atoms with van der Waals surface area (Å²) in [6.07, 6.45) is 7.74. The Morgan fingerprint density at radius 2 is 1.93 bits per heavy atom. The zero-order valence-electron chi connectivity index (χ0n) is 8.78. The minimum atomic E-state index is 0.804. The number of unbranched alkanes of at least 4 members (excludes halogenated alkanes) is 1. The highest BCUT2D eigenvalue weighted by atomic mass is 16.5. The van der Waals surface area contributed by atoms with Crippen molar-refractivity contribution >= 4 is 0 Å². The van der Waals surface area contributed by atoms with Gasteiger partial charge >= 0.3 is 0 Å². The van der Waals surface area contributed by atoms with Gasteiger partial charge in [0, 0.05) is 0 Å². The molecule has 1 rings (SSSR count). The Hall–Kier alpha value is -1.24. The molecule has 0 atom stereocenters. The second-order valence-electron chi connectivity index (χ2n) is 3.18.